The van der Waals surface area contributed by atoms with Gasteiger partial charge < -0.3 is 19.2 Å². The van der Waals surface area contributed by atoms with Crippen molar-refractivity contribution in [1.82, 2.24) is 9.80 Å². The zero-order valence-electron chi connectivity index (χ0n) is 13.2. The van der Waals surface area contributed by atoms with Crippen molar-refractivity contribution in [3.8, 4) is 0 Å². The second-order valence-corrected chi connectivity index (χ2v) is 6.63. The van der Waals surface area contributed by atoms with Crippen molar-refractivity contribution in [1.29, 1.82) is 0 Å². The van der Waals surface area contributed by atoms with Crippen LogP contribution in [0.15, 0.2) is 16.7 Å². The quantitative estimate of drug-likeness (QED) is 0.901. The standard InChI is InChI=1S/C16H24N2O4/c1-12-8-18(11-16(12,2)20)15(19)13-7-14(22-10-13)9-17-3-5-21-6-4-17/h7,10,12,20H,3-6,8-9,11H2,1-2H3/t12-,16+/m1/s1. The summed E-state index contributed by atoms with van der Waals surface area (Å²) >= 11 is 0. The number of nitrogens with zero attached hydrogens (tertiary/aromatic N) is 2. The molecule has 6 heteroatoms. The molecule has 1 aromatic heterocycles. The van der Waals surface area contributed by atoms with Gasteiger partial charge in [-0.05, 0) is 13.0 Å². The van der Waals surface area contributed by atoms with Crippen LogP contribution in [0, 0.1) is 5.92 Å². The second-order valence-electron chi connectivity index (χ2n) is 6.63. The SMILES string of the molecule is C[C@@H]1CN(C(=O)c2coc(CN3CCOCC3)c2)C[C@]1(C)O. The number of hydrogen-bond acceptors (Lipinski definition) is 5. The van der Waals surface area contributed by atoms with Gasteiger partial charge in [-0.3, -0.25) is 9.69 Å². The van der Waals surface area contributed by atoms with Crippen LogP contribution in [0.25, 0.3) is 0 Å². The van der Waals surface area contributed by atoms with Gasteiger partial charge in [0.25, 0.3) is 5.91 Å². The van der Waals surface area contributed by atoms with Crippen LogP contribution in [0.3, 0.4) is 0 Å². The van der Waals surface area contributed by atoms with Crippen LogP contribution in [0.1, 0.15) is 30.0 Å². The zero-order valence-corrected chi connectivity index (χ0v) is 13.2. The molecule has 122 valence electrons. The number of likely N-dealkylation sites (tertiary alicyclic amines) is 1. The zero-order chi connectivity index (χ0) is 15.7. The molecule has 0 aromatic carbocycles. The first-order valence-electron chi connectivity index (χ1n) is 7.85. The molecule has 2 aliphatic rings. The predicted molar refractivity (Wildman–Crippen MR) is 80.5 cm³/mol. The molecule has 0 saturated carbocycles. The highest BCUT2D eigenvalue weighted by Crippen LogP contribution is 2.28. The number of ether oxygens (including phenoxy) is 1. The lowest BCUT2D eigenvalue weighted by Gasteiger charge is -2.25. The molecule has 1 amide bonds. The lowest BCUT2D eigenvalue weighted by atomic mass is 9.95. The van der Waals surface area contributed by atoms with Gasteiger partial charge in [-0.1, -0.05) is 6.92 Å². The Morgan fingerprint density at radius 3 is 2.82 bits per heavy atom. The van der Waals surface area contributed by atoms with E-state index in [2.05, 4.69) is 4.90 Å². The van der Waals surface area contributed by atoms with Gasteiger partial charge in [0.05, 0.1) is 30.9 Å². The van der Waals surface area contributed by atoms with E-state index in [0.717, 1.165) is 32.1 Å². The molecule has 0 aliphatic carbocycles. The summed E-state index contributed by atoms with van der Waals surface area (Å²) in [5, 5.41) is 10.2. The van der Waals surface area contributed by atoms with Gasteiger partial charge in [-0.25, -0.2) is 0 Å². The van der Waals surface area contributed by atoms with E-state index in [1.54, 1.807) is 11.8 Å². The maximum atomic E-state index is 12.5. The summed E-state index contributed by atoms with van der Waals surface area (Å²) in [6.45, 7) is 8.65. The number of aliphatic hydroxyl groups is 1. The van der Waals surface area contributed by atoms with E-state index in [0.29, 0.717) is 25.2 Å². The van der Waals surface area contributed by atoms with Gasteiger partial charge in [-0.2, -0.15) is 0 Å². The molecule has 3 rings (SSSR count). The van der Waals surface area contributed by atoms with Crippen LogP contribution in [0.2, 0.25) is 0 Å². The van der Waals surface area contributed by atoms with Crippen LogP contribution in [-0.2, 0) is 11.3 Å². The molecule has 0 radical (unpaired) electrons. The molecule has 1 aromatic rings. The monoisotopic (exact) mass is 308 g/mol. The van der Waals surface area contributed by atoms with Crippen LogP contribution >= 0.6 is 0 Å². The van der Waals surface area contributed by atoms with Gasteiger partial charge in [0.15, 0.2) is 0 Å². The third-order valence-corrected chi connectivity index (χ3v) is 4.74. The van der Waals surface area contributed by atoms with Crippen LogP contribution < -0.4 is 0 Å². The highest BCUT2D eigenvalue weighted by atomic mass is 16.5. The molecule has 0 spiro atoms. The number of hydrogen-bond donors (Lipinski definition) is 1. The number of carbonyl (C=O) groups is 1. The Balaban J connectivity index is 1.62. The second kappa shape index (κ2) is 6.02. The third-order valence-electron chi connectivity index (χ3n) is 4.74. The summed E-state index contributed by atoms with van der Waals surface area (Å²) in [4.78, 5) is 16.5. The van der Waals surface area contributed by atoms with Crippen molar-refractivity contribution in [3.63, 3.8) is 0 Å². The van der Waals surface area contributed by atoms with E-state index >= 15 is 0 Å². The Labute approximate surface area is 130 Å². The third kappa shape index (κ3) is 3.19. The molecule has 6 nitrogen and oxygen atoms in total. The van der Waals surface area contributed by atoms with Gasteiger partial charge >= 0.3 is 0 Å². The number of furan rings is 1. The number of amides is 1. The Morgan fingerprint density at radius 1 is 1.45 bits per heavy atom. The maximum absolute atomic E-state index is 12.5. The van der Waals surface area contributed by atoms with Crippen LogP contribution in [0.4, 0.5) is 0 Å². The number of β-amino-alcohol motifs (C(OH)–C–C–N with tert-alkyl or cyclic N) is 1. The number of carbonyl (C=O) groups excluding carboxylic acids is 1. The Hall–Kier alpha value is -1.37. The van der Waals surface area contributed by atoms with E-state index in [-0.39, 0.29) is 11.8 Å². The Kier molecular flexibility index (Phi) is 4.25. The van der Waals surface area contributed by atoms with E-state index in [4.69, 9.17) is 9.15 Å². The molecule has 0 unspecified atom stereocenters. The lowest BCUT2D eigenvalue weighted by Crippen LogP contribution is -2.35. The van der Waals surface area contributed by atoms with E-state index in [1.807, 2.05) is 13.0 Å². The summed E-state index contributed by atoms with van der Waals surface area (Å²) in [6.07, 6.45) is 1.52. The molecule has 22 heavy (non-hydrogen) atoms. The smallest absolute Gasteiger partial charge is 0.257 e. The molecular formula is C16H24N2O4. The lowest BCUT2D eigenvalue weighted by molar-refractivity contribution is 0.0313. The highest BCUT2D eigenvalue weighted by Gasteiger charge is 2.40. The van der Waals surface area contributed by atoms with Gasteiger partial charge in [0, 0.05) is 32.1 Å². The Morgan fingerprint density at radius 2 is 2.18 bits per heavy atom. The minimum Gasteiger partial charge on any atom is -0.467 e. The molecule has 3 heterocycles. The normalized spacial score (nSPS) is 30.0. The first-order valence-corrected chi connectivity index (χ1v) is 7.85. The van der Waals surface area contributed by atoms with E-state index in [1.165, 1.54) is 6.26 Å². The average molecular weight is 308 g/mol. The highest BCUT2D eigenvalue weighted by molar-refractivity contribution is 5.94. The fraction of sp³-hybridized carbons (Fsp3) is 0.688. The summed E-state index contributed by atoms with van der Waals surface area (Å²) in [5.41, 5.74) is -0.246. The fourth-order valence-electron chi connectivity index (χ4n) is 3.03. The summed E-state index contributed by atoms with van der Waals surface area (Å²) in [6, 6.07) is 1.81. The van der Waals surface area contributed by atoms with Crippen molar-refractivity contribution in [2.45, 2.75) is 26.0 Å². The minimum absolute atomic E-state index is 0.0680. The molecule has 2 saturated heterocycles. The average Bonchev–Trinajstić information content (AvgIpc) is 3.05. The van der Waals surface area contributed by atoms with Crippen molar-refractivity contribution in [3.05, 3.63) is 23.7 Å². The fourth-order valence-corrected chi connectivity index (χ4v) is 3.03. The van der Waals surface area contributed by atoms with E-state index in [9.17, 15) is 9.90 Å². The first kappa shape index (κ1) is 15.5. The summed E-state index contributed by atoms with van der Waals surface area (Å²) in [7, 11) is 0. The van der Waals surface area contributed by atoms with Crippen molar-refractivity contribution >= 4 is 5.91 Å². The minimum atomic E-state index is -0.809. The van der Waals surface area contributed by atoms with Gasteiger partial charge in [0.2, 0.25) is 0 Å². The van der Waals surface area contributed by atoms with Crippen molar-refractivity contribution in [2.75, 3.05) is 39.4 Å². The summed E-state index contributed by atoms with van der Waals surface area (Å²) < 4.78 is 10.9. The number of morpholine rings is 1. The molecule has 2 atom stereocenters. The summed E-state index contributed by atoms with van der Waals surface area (Å²) in [5.74, 6) is 0.807. The topological polar surface area (TPSA) is 66.2 Å². The van der Waals surface area contributed by atoms with Crippen molar-refractivity contribution in [2.24, 2.45) is 5.92 Å². The van der Waals surface area contributed by atoms with E-state index < -0.39 is 5.60 Å². The van der Waals surface area contributed by atoms with Crippen molar-refractivity contribution < 1.29 is 19.1 Å². The largest absolute Gasteiger partial charge is 0.467 e. The molecule has 2 aliphatic heterocycles. The molecule has 1 N–H and O–H groups in total. The number of rotatable bonds is 3. The van der Waals surface area contributed by atoms with Gasteiger partial charge in [0.1, 0.15) is 12.0 Å². The molecular weight excluding hydrogens is 284 g/mol. The van der Waals surface area contributed by atoms with Gasteiger partial charge in [-0.15, -0.1) is 0 Å². The maximum Gasteiger partial charge on any atom is 0.257 e. The molecule has 2 fully saturated rings. The van der Waals surface area contributed by atoms with Crippen LogP contribution in [-0.4, -0.2) is 65.8 Å². The van der Waals surface area contributed by atoms with Crippen LogP contribution in [0.5, 0.6) is 0 Å². The predicted octanol–water partition coefficient (Wildman–Crippen LogP) is 0.955. The molecule has 0 bridgehead atoms. The Bertz CT molecular complexity index is 534. The first-order chi connectivity index (χ1) is 10.5.